The number of fused-ring (bicyclic) bond motifs is 2. The van der Waals surface area contributed by atoms with E-state index in [2.05, 4.69) is 59.2 Å². The van der Waals surface area contributed by atoms with Crippen molar-refractivity contribution in [2.24, 2.45) is 38.7 Å². The molecule has 0 spiro atoms. The van der Waals surface area contributed by atoms with E-state index in [0.717, 1.165) is 21.8 Å². The fourth-order valence-electron chi connectivity index (χ4n) is 6.81. The smallest absolute Gasteiger partial charge is 0.328 e. The van der Waals surface area contributed by atoms with E-state index in [0.29, 0.717) is 17.5 Å². The molecule has 2 aromatic carbocycles. The second-order valence-electron chi connectivity index (χ2n) is 15.1. The van der Waals surface area contributed by atoms with Crippen molar-refractivity contribution in [1.29, 1.82) is 0 Å². The van der Waals surface area contributed by atoms with Crippen molar-refractivity contribution in [2.75, 3.05) is 18.8 Å². The van der Waals surface area contributed by atoms with Crippen LogP contribution in [0.2, 0.25) is 0 Å². The Balaban J connectivity index is 1.67. The normalized spacial score (nSPS) is 14.4. The number of amides is 5. The molecule has 0 saturated carbocycles. The molecule has 4 aromatic rings. The fourth-order valence-corrected chi connectivity index (χ4v) is 7.07. The highest BCUT2D eigenvalue weighted by molar-refractivity contribution is 7.80. The van der Waals surface area contributed by atoms with Gasteiger partial charge >= 0.3 is 5.97 Å². The van der Waals surface area contributed by atoms with Crippen LogP contribution in [0.1, 0.15) is 43.7 Å². The SMILES string of the molecule is C[C@@H](O)[C@H](NC(=O)[C@H](CS)NC(=O)[C@H](Cc1c[nH]c2ccccc12)NC(=O)[C@H](Cc1c[nH]c2ccccc12)NC(=O)[C@H](CCCN=C(N)N)NC(=O)[C@@H](N)CCCN=C(N)N)C(=O)O. The van der Waals surface area contributed by atoms with Crippen LogP contribution in [0.5, 0.6) is 0 Å². The van der Waals surface area contributed by atoms with Crippen LogP contribution < -0.4 is 55.3 Å². The van der Waals surface area contributed by atoms with Crippen molar-refractivity contribution in [3.8, 4) is 0 Å². The lowest BCUT2D eigenvalue weighted by Crippen LogP contribution is -2.60. The molecule has 0 aliphatic rings. The predicted octanol–water partition coefficient (Wildman–Crippen LogP) is -2.31. The van der Waals surface area contributed by atoms with Gasteiger partial charge in [0.2, 0.25) is 29.5 Å². The number of rotatable bonds is 25. The lowest BCUT2D eigenvalue weighted by Gasteiger charge is -2.27. The molecule has 0 fully saturated rings. The Morgan fingerprint density at radius 2 is 1.06 bits per heavy atom. The fraction of sp³-hybridized carbons (Fsp3) is 0.415. The highest BCUT2D eigenvalue weighted by Gasteiger charge is 2.34. The van der Waals surface area contributed by atoms with Crippen molar-refractivity contribution in [3.63, 3.8) is 0 Å². The maximum Gasteiger partial charge on any atom is 0.328 e. The van der Waals surface area contributed by atoms with E-state index in [4.69, 9.17) is 28.7 Å². The van der Waals surface area contributed by atoms with E-state index in [1.807, 2.05) is 42.5 Å². The van der Waals surface area contributed by atoms with Crippen molar-refractivity contribution in [2.45, 2.75) is 87.8 Å². The third-order valence-electron chi connectivity index (χ3n) is 10.2. The summed E-state index contributed by atoms with van der Waals surface area (Å²) in [6, 6.07) is 6.48. The van der Waals surface area contributed by atoms with Gasteiger partial charge in [0.25, 0.3) is 0 Å². The first kappa shape index (κ1) is 49.8. The zero-order valence-electron chi connectivity index (χ0n) is 35.3. The summed E-state index contributed by atoms with van der Waals surface area (Å²) in [6.07, 6.45) is 2.54. The first-order chi connectivity index (χ1) is 30.5. The zero-order chi connectivity index (χ0) is 46.9. The van der Waals surface area contributed by atoms with Gasteiger partial charge in [-0.15, -0.1) is 0 Å². The molecule has 2 aromatic heterocycles. The average molecular weight is 907 g/mol. The molecule has 7 atom stereocenters. The molecule has 346 valence electrons. The van der Waals surface area contributed by atoms with Crippen molar-refractivity contribution in [1.82, 2.24) is 36.6 Å². The Morgan fingerprint density at radius 1 is 0.641 bits per heavy atom. The van der Waals surface area contributed by atoms with Crippen molar-refractivity contribution in [3.05, 3.63) is 72.1 Å². The standard InChI is InChI=1S/C41H58N14O8S/c1-21(56)33(39(62)63)55-38(61)32(20-64)54-37(60)31(17-23-19-50-28-12-5-3-9-25(23)28)53-36(59)30(16-22-18-49-27-11-4-2-8-24(22)27)52-35(58)29(13-7-15-48-41(45)46)51-34(57)26(42)10-6-14-47-40(43)44/h2-5,8-9,11-12,18-19,21,26,29-33,49-50,56,64H,6-7,10,13-17,20,42H2,1H3,(H,51,57)(H,52,58)(H,53,59)(H,54,60)(H,55,61)(H,62,63)(H4,43,44,47)(H4,45,46,48)/t21-,26+,29+,30+,31+,32+,33+/m1/s1. The van der Waals surface area contributed by atoms with Gasteiger partial charge < -0.3 is 75.4 Å². The van der Waals surface area contributed by atoms with Gasteiger partial charge in [0.1, 0.15) is 24.2 Å². The van der Waals surface area contributed by atoms with Gasteiger partial charge in [-0.2, -0.15) is 12.6 Å². The first-order valence-electron chi connectivity index (χ1n) is 20.5. The molecule has 4 rings (SSSR count). The average Bonchev–Trinajstić information content (AvgIpc) is 3.86. The summed E-state index contributed by atoms with van der Waals surface area (Å²) in [5.74, 6) is -6.04. The van der Waals surface area contributed by atoms with E-state index >= 15 is 0 Å². The van der Waals surface area contributed by atoms with Crippen LogP contribution in [0.3, 0.4) is 0 Å². The lowest BCUT2D eigenvalue weighted by atomic mass is 10.0. The summed E-state index contributed by atoms with van der Waals surface area (Å²) in [6.45, 7) is 1.53. The number of aromatic amines is 2. The van der Waals surface area contributed by atoms with E-state index < -0.39 is 77.9 Å². The minimum absolute atomic E-state index is 0.0348. The van der Waals surface area contributed by atoms with E-state index in [1.54, 1.807) is 18.5 Å². The molecule has 0 aliphatic heterocycles. The number of carbonyl (C=O) groups excluding carboxylic acids is 5. The van der Waals surface area contributed by atoms with Crippen LogP contribution in [0.4, 0.5) is 0 Å². The number of aliphatic imine (C=N–C) groups is 2. The highest BCUT2D eigenvalue weighted by atomic mass is 32.1. The molecule has 23 heteroatoms. The Morgan fingerprint density at radius 3 is 1.52 bits per heavy atom. The third kappa shape index (κ3) is 14.6. The Kier molecular flexibility index (Phi) is 18.8. The maximum absolute atomic E-state index is 14.6. The minimum atomic E-state index is -1.69. The number of nitrogens with two attached hydrogens (primary N) is 5. The van der Waals surface area contributed by atoms with E-state index in [1.165, 1.54) is 6.92 Å². The number of aliphatic hydroxyl groups is 1. The number of thiol groups is 1. The highest BCUT2D eigenvalue weighted by Crippen LogP contribution is 2.21. The molecule has 64 heavy (non-hydrogen) atoms. The van der Waals surface area contributed by atoms with Crippen LogP contribution in [0, 0.1) is 0 Å². The van der Waals surface area contributed by atoms with Crippen LogP contribution >= 0.6 is 12.6 Å². The number of H-pyrrole nitrogens is 2. The topological polar surface area (TPSA) is 389 Å². The van der Waals surface area contributed by atoms with Gasteiger partial charge in [-0.05, 0) is 55.9 Å². The molecule has 2 heterocycles. The number of hydrogen-bond acceptors (Lipinski definition) is 11. The number of nitrogens with zero attached hydrogens (tertiary/aromatic N) is 2. The summed E-state index contributed by atoms with van der Waals surface area (Å²) in [5.41, 5.74) is 30.7. The molecule has 0 unspecified atom stereocenters. The largest absolute Gasteiger partial charge is 0.480 e. The predicted molar refractivity (Wildman–Crippen MR) is 245 cm³/mol. The van der Waals surface area contributed by atoms with Gasteiger partial charge in [-0.25, -0.2) is 4.79 Å². The first-order valence-corrected chi connectivity index (χ1v) is 21.1. The third-order valence-corrected chi connectivity index (χ3v) is 10.6. The van der Waals surface area contributed by atoms with Gasteiger partial charge in [0.15, 0.2) is 18.0 Å². The van der Waals surface area contributed by atoms with E-state index in [9.17, 15) is 39.0 Å². The number of carboxylic acid groups (broad SMARTS) is 1. The second-order valence-corrected chi connectivity index (χ2v) is 15.5. The lowest BCUT2D eigenvalue weighted by molar-refractivity contribution is -0.145. The van der Waals surface area contributed by atoms with Crippen LogP contribution in [-0.4, -0.2) is 129 Å². The van der Waals surface area contributed by atoms with Gasteiger partial charge in [-0.3, -0.25) is 34.0 Å². The number of aromatic nitrogens is 2. The Labute approximate surface area is 373 Å². The molecule has 19 N–H and O–H groups in total. The summed E-state index contributed by atoms with van der Waals surface area (Å²) in [4.78, 5) is 95.5. The molecule has 0 radical (unpaired) electrons. The van der Waals surface area contributed by atoms with Crippen LogP contribution in [0.15, 0.2) is 70.9 Å². The summed E-state index contributed by atoms with van der Waals surface area (Å²) in [7, 11) is 0. The number of benzene rings is 2. The minimum Gasteiger partial charge on any atom is -0.480 e. The number of carboxylic acids is 1. The van der Waals surface area contributed by atoms with Crippen LogP contribution in [-0.2, 0) is 41.6 Å². The molecular weight excluding hydrogens is 849 g/mol. The number of para-hydroxylation sites is 2. The number of hydrogen-bond donors (Lipinski definition) is 15. The maximum atomic E-state index is 14.6. The molecule has 0 aliphatic carbocycles. The van der Waals surface area contributed by atoms with Gasteiger partial charge in [0, 0.05) is 65.9 Å². The number of aliphatic hydroxyl groups excluding tert-OH is 1. The Bertz CT molecular complexity index is 2310. The van der Waals surface area contributed by atoms with E-state index in [-0.39, 0.29) is 62.9 Å². The number of aliphatic carboxylic acids is 1. The van der Waals surface area contributed by atoms with Crippen LogP contribution in [0.25, 0.3) is 21.8 Å². The monoisotopic (exact) mass is 906 g/mol. The molecule has 0 bridgehead atoms. The number of guanidine groups is 2. The Hall–Kier alpha value is -6.85. The summed E-state index contributed by atoms with van der Waals surface area (Å²) >= 11 is 4.20. The molecule has 5 amide bonds. The van der Waals surface area contributed by atoms with Crippen molar-refractivity contribution >= 4 is 81.9 Å². The molecule has 0 saturated heterocycles. The summed E-state index contributed by atoms with van der Waals surface area (Å²) < 4.78 is 0. The number of nitrogens with one attached hydrogen (secondary N) is 7. The van der Waals surface area contributed by atoms with Crippen molar-refractivity contribution < 1.29 is 39.0 Å². The second kappa shape index (κ2) is 24.1. The van der Waals surface area contributed by atoms with Gasteiger partial charge in [-0.1, -0.05) is 36.4 Å². The van der Waals surface area contributed by atoms with Gasteiger partial charge in [0.05, 0.1) is 12.1 Å². The summed E-state index contributed by atoms with van der Waals surface area (Å²) in [5, 5.41) is 34.0. The quantitative estimate of drug-likeness (QED) is 0.0144. The zero-order valence-corrected chi connectivity index (χ0v) is 36.1. The molecular formula is C41H58N14O8S. The number of carbonyl (C=O) groups is 6. The molecule has 22 nitrogen and oxygen atoms in total.